The van der Waals surface area contributed by atoms with E-state index in [0.29, 0.717) is 6.61 Å². The van der Waals surface area contributed by atoms with Gasteiger partial charge in [0.1, 0.15) is 92.9 Å². The minimum atomic E-state index is -3.36. The molecule has 3 heterocycles. The molecule has 0 aromatic carbocycles. The Hall–Kier alpha value is -1.62. The quantitative estimate of drug-likeness (QED) is 0.0947. The molecule has 39 heavy (non-hydrogen) atoms. The van der Waals surface area contributed by atoms with Crippen LogP contribution in [0.15, 0.2) is 0 Å². The summed E-state index contributed by atoms with van der Waals surface area (Å²) in [7, 11) is 0. The van der Waals surface area contributed by atoms with E-state index in [-0.39, 0.29) is 0 Å². The molecule has 3 saturated heterocycles. The standard InChI is InChI=1S/C21H33O18/c22-2-6-11(27)13(29)15(31)18(38-6)20(34)5-37-8(4-36-10(26)1-9(24)25)17(33)21(20,35)19-16(32)14(30)12(28)7(3-23)39-19/h5-8,11-19,22-23,27-35H,1-4H2,(H,24,25)/t6-,7+,8+,11-,12+,13+,14-,15-,16+,17+,18-,19+,20+,21+/m0/s1. The highest BCUT2D eigenvalue weighted by Crippen LogP contribution is 2.48. The number of carboxylic acids is 1. The summed E-state index contributed by atoms with van der Waals surface area (Å²) in [5.74, 6) is -2.84. The van der Waals surface area contributed by atoms with Crippen molar-refractivity contribution in [2.45, 2.75) is 90.9 Å². The number of esters is 1. The zero-order valence-electron chi connectivity index (χ0n) is 20.2. The average molecular weight is 573 g/mol. The van der Waals surface area contributed by atoms with Crippen molar-refractivity contribution in [2.75, 3.05) is 19.8 Å². The van der Waals surface area contributed by atoms with Crippen LogP contribution in [0.4, 0.5) is 0 Å². The second kappa shape index (κ2) is 12.1. The molecule has 0 aromatic heterocycles. The molecule has 18 nitrogen and oxygen atoms in total. The normalized spacial score (nSPS) is 48.9. The van der Waals surface area contributed by atoms with Gasteiger partial charge in [-0.1, -0.05) is 0 Å². The van der Waals surface area contributed by atoms with Gasteiger partial charge in [0, 0.05) is 0 Å². The summed E-state index contributed by atoms with van der Waals surface area (Å²) in [6.45, 7) is -2.55. The van der Waals surface area contributed by atoms with E-state index in [1.807, 2.05) is 0 Å². The van der Waals surface area contributed by atoms with Crippen LogP contribution in [0.5, 0.6) is 0 Å². The lowest BCUT2D eigenvalue weighted by molar-refractivity contribution is -0.379. The highest BCUT2D eigenvalue weighted by atomic mass is 16.6. The molecule has 0 aliphatic carbocycles. The van der Waals surface area contributed by atoms with Gasteiger partial charge in [-0.2, -0.15) is 0 Å². The third-order valence-corrected chi connectivity index (χ3v) is 7.22. The predicted octanol–water partition coefficient (Wildman–Crippen LogP) is -7.93. The van der Waals surface area contributed by atoms with Gasteiger partial charge in [-0.25, -0.2) is 0 Å². The molecule has 12 N–H and O–H groups in total. The summed E-state index contributed by atoms with van der Waals surface area (Å²) in [5.41, 5.74) is -6.60. The fourth-order valence-corrected chi connectivity index (χ4v) is 4.98. The van der Waals surface area contributed by atoms with Gasteiger partial charge in [-0.15, -0.1) is 0 Å². The molecule has 0 saturated carbocycles. The number of hydrogen-bond donors (Lipinski definition) is 12. The summed E-state index contributed by atoms with van der Waals surface area (Å²) < 4.78 is 20.6. The van der Waals surface area contributed by atoms with E-state index in [9.17, 15) is 65.8 Å². The Bertz CT molecular complexity index is 870. The number of carbonyl (C=O) groups excluding carboxylic acids is 1. The number of aliphatic hydroxyl groups is 11. The van der Waals surface area contributed by atoms with Crippen LogP contribution in [-0.2, 0) is 28.5 Å². The number of hydrogen-bond acceptors (Lipinski definition) is 17. The van der Waals surface area contributed by atoms with Crippen LogP contribution < -0.4 is 0 Å². The van der Waals surface area contributed by atoms with Gasteiger partial charge in [0.25, 0.3) is 0 Å². The van der Waals surface area contributed by atoms with Crippen LogP contribution in [-0.4, -0.2) is 177 Å². The Kier molecular flexibility index (Phi) is 9.89. The van der Waals surface area contributed by atoms with Gasteiger partial charge in [0.15, 0.2) is 11.2 Å². The molecule has 1 radical (unpaired) electrons. The second-order valence-electron chi connectivity index (χ2n) is 9.64. The average Bonchev–Trinajstić information content (AvgIpc) is 2.88. The van der Waals surface area contributed by atoms with Crippen molar-refractivity contribution in [3.8, 4) is 0 Å². The Balaban J connectivity index is 2.05. The molecule has 3 aliphatic rings. The second-order valence-corrected chi connectivity index (χ2v) is 9.64. The molecular weight excluding hydrogens is 540 g/mol. The van der Waals surface area contributed by atoms with Gasteiger partial charge in [-0.3, -0.25) is 9.59 Å². The minimum absolute atomic E-state index is 0.365. The number of rotatable bonds is 8. The van der Waals surface area contributed by atoms with Crippen LogP contribution >= 0.6 is 0 Å². The zero-order valence-corrected chi connectivity index (χ0v) is 20.2. The van der Waals surface area contributed by atoms with Crippen LogP contribution in [0.3, 0.4) is 0 Å². The Labute approximate surface area is 219 Å². The third-order valence-electron chi connectivity index (χ3n) is 7.22. The van der Waals surface area contributed by atoms with Gasteiger partial charge >= 0.3 is 11.9 Å². The highest BCUT2D eigenvalue weighted by Gasteiger charge is 2.73. The Morgan fingerprint density at radius 3 is 1.72 bits per heavy atom. The summed E-state index contributed by atoms with van der Waals surface area (Å²) in [6, 6.07) is 0. The zero-order chi connectivity index (χ0) is 29.4. The van der Waals surface area contributed by atoms with Crippen LogP contribution in [0.1, 0.15) is 6.42 Å². The van der Waals surface area contributed by atoms with E-state index in [2.05, 4.69) is 0 Å². The van der Waals surface area contributed by atoms with E-state index >= 15 is 0 Å². The summed E-state index contributed by atoms with van der Waals surface area (Å²) in [6.07, 6.45) is -26.0. The SMILES string of the molecule is O=C(O)CC(=O)OC[C@H]1O[CH][C@@](O)([C@H]2O[C@@H](CO)[C@H](O)[C@@H](O)[C@@H]2O)[C@](O)([C@@H]2O[C@H](CO)[C@@H](O)[C@H](O)[C@H]2O)[C@@H]1O. The number of carboxylic acid groups (broad SMARTS) is 1. The lowest BCUT2D eigenvalue weighted by atomic mass is 9.64. The molecule has 0 bridgehead atoms. The molecule has 3 rings (SSSR count). The van der Waals surface area contributed by atoms with E-state index in [1.165, 1.54) is 0 Å². The molecule has 0 spiro atoms. The Morgan fingerprint density at radius 1 is 0.744 bits per heavy atom. The van der Waals surface area contributed by atoms with Gasteiger partial charge in [-0.05, 0) is 0 Å². The molecule has 0 aromatic rings. The molecular formula is C21H33O18. The van der Waals surface area contributed by atoms with Gasteiger partial charge in [0.2, 0.25) is 0 Å². The monoisotopic (exact) mass is 573 g/mol. The molecule has 3 fully saturated rings. The molecule has 225 valence electrons. The van der Waals surface area contributed by atoms with Crippen LogP contribution in [0, 0.1) is 6.61 Å². The van der Waals surface area contributed by atoms with Gasteiger partial charge in [0.05, 0.1) is 13.2 Å². The van der Waals surface area contributed by atoms with Crippen molar-refractivity contribution < 1.29 is 89.8 Å². The van der Waals surface area contributed by atoms with E-state index in [1.54, 1.807) is 0 Å². The smallest absolute Gasteiger partial charge is 0.317 e. The van der Waals surface area contributed by atoms with Crippen molar-refractivity contribution in [3.63, 3.8) is 0 Å². The van der Waals surface area contributed by atoms with Gasteiger partial charge < -0.3 is 80.2 Å². The maximum absolute atomic E-state index is 11.9. The first-order valence-electron chi connectivity index (χ1n) is 11.8. The van der Waals surface area contributed by atoms with Crippen molar-refractivity contribution >= 4 is 11.9 Å². The van der Waals surface area contributed by atoms with E-state index in [4.69, 9.17) is 24.1 Å². The Morgan fingerprint density at radius 2 is 1.23 bits per heavy atom. The number of carbonyl (C=O) groups is 2. The summed E-state index contributed by atoms with van der Waals surface area (Å²) in [5, 5.41) is 125. The molecule has 18 heteroatoms. The molecule has 3 aliphatic heterocycles. The van der Waals surface area contributed by atoms with Crippen LogP contribution in [0.2, 0.25) is 0 Å². The van der Waals surface area contributed by atoms with Crippen molar-refractivity contribution in [2.24, 2.45) is 0 Å². The first-order valence-corrected chi connectivity index (χ1v) is 11.8. The summed E-state index contributed by atoms with van der Waals surface area (Å²) >= 11 is 0. The molecule has 0 amide bonds. The molecule has 0 unspecified atom stereocenters. The highest BCUT2D eigenvalue weighted by molar-refractivity contribution is 5.90. The van der Waals surface area contributed by atoms with Crippen molar-refractivity contribution in [1.29, 1.82) is 0 Å². The first-order chi connectivity index (χ1) is 18.1. The maximum Gasteiger partial charge on any atom is 0.317 e. The third kappa shape index (κ3) is 5.51. The van der Waals surface area contributed by atoms with Crippen molar-refractivity contribution in [3.05, 3.63) is 6.61 Å². The fourth-order valence-electron chi connectivity index (χ4n) is 4.98. The first kappa shape index (κ1) is 31.9. The lowest BCUT2D eigenvalue weighted by Crippen LogP contribution is -2.83. The largest absolute Gasteiger partial charge is 0.481 e. The maximum atomic E-state index is 11.9. The number of aliphatic hydroxyl groups excluding tert-OH is 9. The lowest BCUT2D eigenvalue weighted by Gasteiger charge is -2.60. The molecule has 14 atom stereocenters. The van der Waals surface area contributed by atoms with Crippen LogP contribution in [0.25, 0.3) is 0 Å². The number of ether oxygens (including phenoxy) is 4. The predicted molar refractivity (Wildman–Crippen MR) is 116 cm³/mol. The van der Waals surface area contributed by atoms with Crippen molar-refractivity contribution in [1.82, 2.24) is 0 Å². The topological polar surface area (TPSA) is 314 Å². The fraction of sp³-hybridized carbons (Fsp3) is 0.857. The minimum Gasteiger partial charge on any atom is -0.481 e. The number of aliphatic carboxylic acids is 1. The van der Waals surface area contributed by atoms with E-state index in [0.717, 1.165) is 0 Å². The van der Waals surface area contributed by atoms with E-state index < -0.39 is 123 Å². The summed E-state index contributed by atoms with van der Waals surface area (Å²) in [4.78, 5) is 22.4.